The molecule has 0 amide bonds. The van der Waals surface area contributed by atoms with Crippen LogP contribution >= 0.6 is 11.6 Å². The SMILES string of the molecule is Cn1ccc(CNc2ccc(Cl)c(F)c2)n1. The van der Waals surface area contributed by atoms with Gasteiger partial charge in [-0.2, -0.15) is 5.10 Å². The Balaban J connectivity index is 2.02. The van der Waals surface area contributed by atoms with Crippen molar-refractivity contribution < 1.29 is 4.39 Å². The van der Waals surface area contributed by atoms with Crippen LogP contribution in [0.1, 0.15) is 5.69 Å². The van der Waals surface area contributed by atoms with Crippen LogP contribution in [-0.2, 0) is 13.6 Å². The number of rotatable bonds is 3. The van der Waals surface area contributed by atoms with Crippen molar-refractivity contribution in [3.05, 3.63) is 47.0 Å². The summed E-state index contributed by atoms with van der Waals surface area (Å²) in [5.74, 6) is -0.423. The summed E-state index contributed by atoms with van der Waals surface area (Å²) in [5.41, 5.74) is 1.59. The normalized spacial score (nSPS) is 10.4. The van der Waals surface area contributed by atoms with Crippen molar-refractivity contribution in [2.24, 2.45) is 7.05 Å². The van der Waals surface area contributed by atoms with E-state index in [4.69, 9.17) is 11.6 Å². The fraction of sp³-hybridized carbons (Fsp3) is 0.182. The minimum Gasteiger partial charge on any atom is -0.379 e. The Morgan fingerprint density at radius 3 is 2.88 bits per heavy atom. The van der Waals surface area contributed by atoms with Gasteiger partial charge in [-0.05, 0) is 24.3 Å². The molecule has 0 fully saturated rings. The molecule has 0 saturated carbocycles. The molecule has 1 aromatic heterocycles. The lowest BCUT2D eigenvalue weighted by Crippen LogP contribution is -2.01. The molecule has 16 heavy (non-hydrogen) atoms. The second-order valence-corrected chi connectivity index (χ2v) is 3.87. The zero-order chi connectivity index (χ0) is 11.5. The fourth-order valence-electron chi connectivity index (χ4n) is 1.36. The zero-order valence-corrected chi connectivity index (χ0v) is 9.50. The molecular weight excluding hydrogens is 229 g/mol. The van der Waals surface area contributed by atoms with Gasteiger partial charge in [0.15, 0.2) is 0 Å². The predicted octanol–water partition coefficient (Wildman–Crippen LogP) is 2.82. The Labute approximate surface area is 97.8 Å². The standard InChI is InChI=1S/C11H11ClFN3/c1-16-5-4-9(15-16)7-14-8-2-3-10(12)11(13)6-8/h2-6,14H,7H2,1H3. The monoisotopic (exact) mass is 239 g/mol. The van der Waals surface area contributed by atoms with E-state index in [1.165, 1.54) is 12.1 Å². The van der Waals surface area contributed by atoms with Crippen molar-refractivity contribution >= 4 is 17.3 Å². The van der Waals surface area contributed by atoms with Crippen LogP contribution in [-0.4, -0.2) is 9.78 Å². The van der Waals surface area contributed by atoms with Gasteiger partial charge in [0, 0.05) is 18.9 Å². The number of hydrogen-bond donors (Lipinski definition) is 1. The average molecular weight is 240 g/mol. The first-order valence-electron chi connectivity index (χ1n) is 4.82. The Morgan fingerprint density at radius 1 is 1.44 bits per heavy atom. The Hall–Kier alpha value is -1.55. The van der Waals surface area contributed by atoms with Gasteiger partial charge in [0.25, 0.3) is 0 Å². The van der Waals surface area contributed by atoms with Crippen LogP contribution in [0.25, 0.3) is 0 Å². The minimum absolute atomic E-state index is 0.128. The summed E-state index contributed by atoms with van der Waals surface area (Å²) in [4.78, 5) is 0. The van der Waals surface area contributed by atoms with E-state index in [9.17, 15) is 4.39 Å². The van der Waals surface area contributed by atoms with Crippen LogP contribution in [0.15, 0.2) is 30.5 Å². The maximum Gasteiger partial charge on any atom is 0.143 e. The second kappa shape index (κ2) is 4.53. The molecule has 0 aliphatic heterocycles. The maximum absolute atomic E-state index is 13.1. The van der Waals surface area contributed by atoms with Crippen LogP contribution in [0, 0.1) is 5.82 Å². The van der Waals surface area contributed by atoms with Crippen molar-refractivity contribution in [3.8, 4) is 0 Å². The van der Waals surface area contributed by atoms with E-state index >= 15 is 0 Å². The van der Waals surface area contributed by atoms with Gasteiger partial charge in [0.2, 0.25) is 0 Å². The third-order valence-electron chi connectivity index (χ3n) is 2.16. The number of nitrogens with zero attached hydrogens (tertiary/aromatic N) is 2. The molecule has 2 aromatic rings. The summed E-state index contributed by atoms with van der Waals surface area (Å²) in [6.07, 6.45) is 1.86. The molecular formula is C11H11ClFN3. The highest BCUT2D eigenvalue weighted by Gasteiger charge is 2.01. The van der Waals surface area contributed by atoms with Gasteiger partial charge in [0.1, 0.15) is 5.82 Å². The molecule has 0 unspecified atom stereocenters. The molecule has 0 atom stereocenters. The lowest BCUT2D eigenvalue weighted by Gasteiger charge is -2.04. The molecule has 2 rings (SSSR count). The first-order chi connectivity index (χ1) is 7.65. The van der Waals surface area contributed by atoms with Crippen LogP contribution in [0.2, 0.25) is 5.02 Å². The van der Waals surface area contributed by atoms with E-state index in [1.54, 1.807) is 10.7 Å². The molecule has 1 heterocycles. The molecule has 0 radical (unpaired) electrons. The Kier molecular flexibility index (Phi) is 3.10. The molecule has 0 bridgehead atoms. The highest BCUT2D eigenvalue weighted by atomic mass is 35.5. The van der Waals surface area contributed by atoms with Gasteiger partial charge in [0.05, 0.1) is 17.3 Å². The number of halogens is 2. The number of aromatic nitrogens is 2. The smallest absolute Gasteiger partial charge is 0.143 e. The van der Waals surface area contributed by atoms with Gasteiger partial charge in [-0.3, -0.25) is 4.68 Å². The third kappa shape index (κ3) is 2.52. The highest BCUT2D eigenvalue weighted by molar-refractivity contribution is 6.30. The molecule has 1 N–H and O–H groups in total. The quantitative estimate of drug-likeness (QED) is 0.893. The lowest BCUT2D eigenvalue weighted by molar-refractivity contribution is 0.628. The fourth-order valence-corrected chi connectivity index (χ4v) is 1.47. The highest BCUT2D eigenvalue weighted by Crippen LogP contribution is 2.18. The van der Waals surface area contributed by atoms with Crippen LogP contribution in [0.3, 0.4) is 0 Å². The number of aryl methyl sites for hydroxylation is 1. The van der Waals surface area contributed by atoms with E-state index in [0.29, 0.717) is 12.2 Å². The van der Waals surface area contributed by atoms with Crippen molar-refractivity contribution in [2.45, 2.75) is 6.54 Å². The molecule has 0 aliphatic carbocycles. The molecule has 1 aromatic carbocycles. The number of anilines is 1. The van der Waals surface area contributed by atoms with Crippen molar-refractivity contribution in [1.82, 2.24) is 9.78 Å². The first-order valence-corrected chi connectivity index (χ1v) is 5.20. The second-order valence-electron chi connectivity index (χ2n) is 3.46. The number of nitrogens with one attached hydrogen (secondary N) is 1. The molecule has 5 heteroatoms. The average Bonchev–Trinajstić information content (AvgIpc) is 2.66. The molecule has 0 spiro atoms. The van der Waals surface area contributed by atoms with Crippen LogP contribution in [0.4, 0.5) is 10.1 Å². The first kappa shape index (κ1) is 11.0. The van der Waals surface area contributed by atoms with Gasteiger partial charge in [-0.1, -0.05) is 11.6 Å². The minimum atomic E-state index is -0.423. The Bertz CT molecular complexity index is 496. The van der Waals surface area contributed by atoms with Gasteiger partial charge in [-0.25, -0.2) is 4.39 Å². The molecule has 3 nitrogen and oxygen atoms in total. The van der Waals surface area contributed by atoms with Gasteiger partial charge < -0.3 is 5.32 Å². The summed E-state index contributed by atoms with van der Waals surface area (Å²) < 4.78 is 14.8. The van der Waals surface area contributed by atoms with Crippen LogP contribution < -0.4 is 5.32 Å². The predicted molar refractivity (Wildman–Crippen MR) is 61.9 cm³/mol. The van der Waals surface area contributed by atoms with Crippen molar-refractivity contribution in [3.63, 3.8) is 0 Å². The van der Waals surface area contributed by atoms with E-state index in [-0.39, 0.29) is 5.02 Å². The topological polar surface area (TPSA) is 29.9 Å². The summed E-state index contributed by atoms with van der Waals surface area (Å²) in [7, 11) is 1.85. The molecule has 0 saturated heterocycles. The Morgan fingerprint density at radius 2 is 2.25 bits per heavy atom. The van der Waals surface area contributed by atoms with Gasteiger partial charge in [-0.15, -0.1) is 0 Å². The van der Waals surface area contributed by atoms with E-state index in [1.807, 2.05) is 19.3 Å². The van der Waals surface area contributed by atoms with Crippen molar-refractivity contribution in [2.75, 3.05) is 5.32 Å². The molecule has 0 aliphatic rings. The number of hydrogen-bond acceptors (Lipinski definition) is 2. The summed E-state index contributed by atoms with van der Waals surface area (Å²) >= 11 is 5.58. The van der Waals surface area contributed by atoms with Crippen LogP contribution in [0.5, 0.6) is 0 Å². The zero-order valence-electron chi connectivity index (χ0n) is 8.74. The van der Waals surface area contributed by atoms with E-state index in [0.717, 1.165) is 5.69 Å². The lowest BCUT2D eigenvalue weighted by atomic mass is 10.3. The van der Waals surface area contributed by atoms with Crippen molar-refractivity contribution in [1.29, 1.82) is 0 Å². The van der Waals surface area contributed by atoms with E-state index < -0.39 is 5.82 Å². The van der Waals surface area contributed by atoms with Gasteiger partial charge >= 0.3 is 0 Å². The summed E-state index contributed by atoms with van der Waals surface area (Å²) in [6, 6.07) is 6.52. The maximum atomic E-state index is 13.1. The summed E-state index contributed by atoms with van der Waals surface area (Å²) in [6.45, 7) is 0.557. The molecule has 84 valence electrons. The largest absolute Gasteiger partial charge is 0.379 e. The number of benzene rings is 1. The summed E-state index contributed by atoms with van der Waals surface area (Å²) in [5, 5.41) is 7.40. The third-order valence-corrected chi connectivity index (χ3v) is 2.47. The van der Waals surface area contributed by atoms with E-state index in [2.05, 4.69) is 10.4 Å².